The summed E-state index contributed by atoms with van der Waals surface area (Å²) in [4.78, 5) is 58.4. The summed E-state index contributed by atoms with van der Waals surface area (Å²) in [7, 11) is -7.58. The summed E-state index contributed by atoms with van der Waals surface area (Å²) in [6.07, 6.45) is 0. The van der Waals surface area contributed by atoms with E-state index in [2.05, 4.69) is 0 Å². The summed E-state index contributed by atoms with van der Waals surface area (Å²) in [5, 5.41) is 0. The van der Waals surface area contributed by atoms with E-state index in [1.165, 1.54) is 0 Å². The molecule has 0 aliphatic carbocycles. The van der Waals surface area contributed by atoms with Gasteiger partial charge in [0, 0.05) is 0 Å². The molecule has 0 aromatic rings. The molecule has 16 nitrogen and oxygen atoms in total. The van der Waals surface area contributed by atoms with Crippen LogP contribution in [0.25, 0.3) is 0 Å². The van der Waals surface area contributed by atoms with Crippen LogP contribution in [0, 0.1) is 0 Å². The smallest absolute Gasteiger partial charge is 0.873 e. The molecule has 0 aliphatic rings. The minimum atomic E-state index is -1.08. The van der Waals surface area contributed by atoms with Gasteiger partial charge in [-0.05, 0) is 0 Å². The Morgan fingerprint density at radius 3 is 0.375 bits per heavy atom. The van der Waals surface area contributed by atoms with Crippen molar-refractivity contribution in [2.45, 2.75) is 0 Å². The van der Waals surface area contributed by atoms with Gasteiger partial charge < -0.3 is 45.2 Å². The third kappa shape index (κ3) is 12900. The Hall–Kier alpha value is 0.924. The summed E-state index contributed by atoms with van der Waals surface area (Å²) < 4.78 is 58.4. The standard InChI is InChI=1S/7HO2P.H4O.H2O.V/c7*1-3-2;;;/h7*(H,1,2);1H4;1H2;/q;;;;;;;+2;;+5/p-7. The first-order valence-corrected chi connectivity index (χ1v) is 7.67. The molecule has 0 aliphatic heterocycles. The van der Waals surface area contributed by atoms with Crippen molar-refractivity contribution >= 4 is 60.8 Å². The Balaban J connectivity index is -0.0000000117. The molecular weight excluding hydrogens is 524 g/mol. The first-order chi connectivity index (χ1) is 9.90. The van der Waals surface area contributed by atoms with E-state index >= 15 is 0 Å². The SMILES string of the molecule is O.O=P[O-].O=P[O-].O=P[O-].O=P[O-].O=P[O-].O=P[O-].O=P[O-].[OH4+2].[V+5]. The van der Waals surface area contributed by atoms with Crippen LogP contribution in [0.1, 0.15) is 0 Å². The Morgan fingerprint density at radius 2 is 0.375 bits per heavy atom. The average molecular weight is 530 g/mol. The van der Waals surface area contributed by atoms with Gasteiger partial charge >= 0.3 is 18.6 Å². The molecule has 0 bridgehead atoms. The van der Waals surface area contributed by atoms with E-state index in [0.717, 1.165) is 0 Å². The molecule has 6 N–H and O–H groups in total. The van der Waals surface area contributed by atoms with Crippen LogP contribution in [0.15, 0.2) is 0 Å². The normalized spacial score (nSPS) is 6.12. The van der Waals surface area contributed by atoms with Crippen LogP contribution >= 0.6 is 60.8 Å². The third-order valence-electron chi connectivity index (χ3n) is 0. The van der Waals surface area contributed by atoms with Crippen LogP contribution in [-0.2, 0) is 56.0 Å². The van der Waals surface area contributed by atoms with Crippen molar-refractivity contribution in [2.75, 3.05) is 0 Å². The molecule has 0 saturated carbocycles. The van der Waals surface area contributed by atoms with Crippen LogP contribution in [0.5, 0.6) is 0 Å². The number of hydrogen-bond acceptors (Lipinski definition) is 14. The van der Waals surface area contributed by atoms with Gasteiger partial charge in [-0.1, -0.05) is 0 Å². The van der Waals surface area contributed by atoms with E-state index in [9.17, 15) is 0 Å². The van der Waals surface area contributed by atoms with E-state index in [4.69, 9.17) is 66.2 Å². The van der Waals surface area contributed by atoms with Gasteiger partial charge in [-0.3, -0.25) is 32.0 Å². The van der Waals surface area contributed by atoms with E-state index < -0.39 is 60.8 Å². The maximum absolute atomic E-state index is 8.35. The average Bonchev–Trinajstić information content (AvgIpc) is 2.35. The second kappa shape index (κ2) is 200. The molecule has 0 unspecified atom stereocenters. The van der Waals surface area contributed by atoms with Crippen molar-refractivity contribution in [1.29, 1.82) is 0 Å². The maximum atomic E-state index is 8.35. The first-order valence-electron chi connectivity index (χ1n) is 2.56. The fraction of sp³-hybridized carbons (Fsp3) is 0. The van der Waals surface area contributed by atoms with Crippen LogP contribution < -0.4 is 34.3 Å². The summed E-state index contributed by atoms with van der Waals surface area (Å²) in [6.45, 7) is 0. The molecule has 0 rings (SSSR count). The Kier molecular flexibility index (Phi) is 534. The van der Waals surface area contributed by atoms with Crippen LogP contribution in [0.3, 0.4) is 0 Å². The number of hydrogen-bond donors (Lipinski definition) is 0. The van der Waals surface area contributed by atoms with Crippen LogP contribution in [0.4, 0.5) is 0 Å². The molecule has 0 spiro atoms. The van der Waals surface area contributed by atoms with Gasteiger partial charge in [0.1, 0.15) is 0 Å². The Bertz CT molecular complexity index is 138. The third-order valence-corrected chi connectivity index (χ3v) is 0. The summed E-state index contributed by atoms with van der Waals surface area (Å²) in [5.74, 6) is 0. The van der Waals surface area contributed by atoms with Gasteiger partial charge in [0.05, 0.1) is 60.8 Å². The molecule has 24 heavy (non-hydrogen) atoms. The molecule has 0 atom stereocenters. The number of rotatable bonds is 0. The molecule has 0 aromatic heterocycles. The van der Waals surface area contributed by atoms with Gasteiger partial charge in [-0.15, -0.1) is 0 Å². The molecule has 0 heterocycles. The van der Waals surface area contributed by atoms with Crippen LogP contribution in [-0.4, -0.2) is 5.48 Å². The molecular formula is H6O16P7V. The maximum Gasteiger partial charge on any atom is 5.00 e. The molecule has 0 fully saturated rings. The fourth-order valence-corrected chi connectivity index (χ4v) is 0. The van der Waals surface area contributed by atoms with Crippen molar-refractivity contribution in [3.63, 3.8) is 0 Å². The topological polar surface area (TPSA) is 347 Å². The Morgan fingerprint density at radius 1 is 0.375 bits per heavy atom. The van der Waals surface area contributed by atoms with E-state index in [-0.39, 0.29) is 29.5 Å². The zero-order valence-corrected chi connectivity index (χ0v) is 18.2. The van der Waals surface area contributed by atoms with E-state index in [1.807, 2.05) is 0 Å². The second-order valence-corrected chi connectivity index (χ2v) is 1.57. The minimum absolute atomic E-state index is 0. The van der Waals surface area contributed by atoms with Gasteiger partial charge in [0.25, 0.3) is 0 Å². The molecule has 142 valence electrons. The molecule has 0 amide bonds. The summed E-state index contributed by atoms with van der Waals surface area (Å²) in [6, 6.07) is 0. The largest absolute Gasteiger partial charge is 5.00 e. The van der Waals surface area contributed by atoms with Crippen molar-refractivity contribution < 1.29 is 95.7 Å². The monoisotopic (exact) mass is 530 g/mol. The van der Waals surface area contributed by atoms with Gasteiger partial charge in [0.15, 0.2) is 0 Å². The zero-order chi connectivity index (χ0) is 18.9. The molecule has 24 heteroatoms. The Labute approximate surface area is 156 Å². The summed E-state index contributed by atoms with van der Waals surface area (Å²) >= 11 is 0. The van der Waals surface area contributed by atoms with Gasteiger partial charge in [0.2, 0.25) is 0 Å². The quantitative estimate of drug-likeness (QED) is 0.265. The molecule has 0 radical (unpaired) electrons. The minimum Gasteiger partial charge on any atom is -0.873 e. The van der Waals surface area contributed by atoms with Crippen molar-refractivity contribution in [2.24, 2.45) is 0 Å². The molecule has 0 aromatic carbocycles. The molecule has 0 saturated heterocycles. The van der Waals surface area contributed by atoms with Gasteiger partial charge in [-0.25, -0.2) is 0 Å². The fourth-order valence-electron chi connectivity index (χ4n) is 0. The van der Waals surface area contributed by atoms with Crippen LogP contribution in [0.2, 0.25) is 0 Å². The predicted octanol–water partition coefficient (Wildman–Crippen LogP) is -5.14. The second-order valence-electron chi connectivity index (χ2n) is 0.522. The van der Waals surface area contributed by atoms with Crippen molar-refractivity contribution in [3.8, 4) is 0 Å². The summed E-state index contributed by atoms with van der Waals surface area (Å²) in [5.41, 5.74) is 0. The first kappa shape index (κ1) is 64.0. The van der Waals surface area contributed by atoms with E-state index in [1.54, 1.807) is 0 Å². The zero-order valence-electron chi connectivity index (χ0n) is 10.5. The predicted molar refractivity (Wildman–Crippen MR) is 63.1 cm³/mol. The van der Waals surface area contributed by atoms with Gasteiger partial charge in [-0.2, -0.15) is 0 Å². The van der Waals surface area contributed by atoms with Crippen molar-refractivity contribution in [3.05, 3.63) is 0 Å². The van der Waals surface area contributed by atoms with Crippen molar-refractivity contribution in [1.82, 2.24) is 0 Å². The van der Waals surface area contributed by atoms with E-state index in [0.29, 0.717) is 0 Å².